The molecule has 0 aliphatic carbocycles. The molecule has 40 heavy (non-hydrogen) atoms. The second-order valence-corrected chi connectivity index (χ2v) is 12.8. The van der Waals surface area contributed by atoms with Crippen molar-refractivity contribution >= 4 is 34.9 Å². The minimum atomic E-state index is -1.05. The topological polar surface area (TPSA) is 204 Å². The van der Waals surface area contributed by atoms with E-state index in [0.29, 0.717) is 19.4 Å². The first-order valence-electron chi connectivity index (χ1n) is 13.7. The highest BCUT2D eigenvalue weighted by Gasteiger charge is 2.41. The normalized spacial score (nSPS) is 13.8. The van der Waals surface area contributed by atoms with E-state index in [1.54, 1.807) is 47.7 Å². The summed E-state index contributed by atoms with van der Waals surface area (Å²) in [7, 11) is 0. The maximum absolute atomic E-state index is 13.3. The molecule has 11 nitrogen and oxygen atoms in total. The average Bonchev–Trinajstić information content (AvgIpc) is 3.32. The molecule has 0 spiro atoms. The maximum Gasteiger partial charge on any atom is 0.185 e. The lowest BCUT2D eigenvalue weighted by atomic mass is 9.69. The molecule has 0 aromatic carbocycles. The number of H-pyrrole nitrogens is 1. The van der Waals surface area contributed by atoms with Gasteiger partial charge < -0.3 is 22.2 Å². The van der Waals surface area contributed by atoms with Crippen molar-refractivity contribution in [3.63, 3.8) is 0 Å². The van der Waals surface area contributed by atoms with Gasteiger partial charge in [-0.3, -0.25) is 29.0 Å². The lowest BCUT2D eigenvalue weighted by molar-refractivity contribution is -0.141. The Morgan fingerprint density at radius 1 is 0.900 bits per heavy atom. The number of nitrogens with one attached hydrogen (secondary N) is 1. The molecule has 1 aromatic heterocycles. The van der Waals surface area contributed by atoms with Crippen LogP contribution in [0.1, 0.15) is 92.7 Å². The number of imidazole rings is 1. The fourth-order valence-electron chi connectivity index (χ4n) is 4.39. The van der Waals surface area contributed by atoms with Crippen molar-refractivity contribution in [3.05, 3.63) is 18.2 Å². The molecular weight excluding hydrogens is 512 g/mol. The third-order valence-corrected chi connectivity index (χ3v) is 7.51. The van der Waals surface area contributed by atoms with Gasteiger partial charge >= 0.3 is 0 Å². The fourth-order valence-corrected chi connectivity index (χ4v) is 4.39. The predicted molar refractivity (Wildman–Crippen MR) is 154 cm³/mol. The van der Waals surface area contributed by atoms with Gasteiger partial charge in [0, 0.05) is 72.7 Å². The molecule has 0 unspecified atom stereocenters. The number of Topliss-reactive ketones (excluding diaryl/α,β-unsaturated/α-hetero) is 5. The van der Waals surface area contributed by atoms with Gasteiger partial charge in [0.1, 0.15) is 23.1 Å². The van der Waals surface area contributed by atoms with E-state index in [-0.39, 0.29) is 67.0 Å². The first-order chi connectivity index (χ1) is 18.3. The Kier molecular flexibility index (Phi) is 12.6. The summed E-state index contributed by atoms with van der Waals surface area (Å²) in [4.78, 5) is 75.4. The molecular formula is C29H48N6O5. The number of aliphatic imine (C=N–C) groups is 1. The smallest absolute Gasteiger partial charge is 0.185 e. The lowest BCUT2D eigenvalue weighted by Gasteiger charge is -2.32. The summed E-state index contributed by atoms with van der Waals surface area (Å²) >= 11 is 0. The molecule has 2 atom stereocenters. The number of aromatic nitrogens is 2. The molecule has 0 aliphatic rings. The Hall–Kier alpha value is -3.21. The average molecular weight is 561 g/mol. The van der Waals surface area contributed by atoms with E-state index in [1.165, 1.54) is 13.3 Å². The van der Waals surface area contributed by atoms with Crippen molar-refractivity contribution in [2.24, 2.45) is 44.4 Å². The Bertz CT molecular complexity index is 1080. The van der Waals surface area contributed by atoms with E-state index in [4.69, 9.17) is 17.2 Å². The Labute approximate surface area is 237 Å². The zero-order chi connectivity index (χ0) is 30.9. The first-order valence-corrected chi connectivity index (χ1v) is 13.7. The minimum Gasteiger partial charge on any atom is -0.370 e. The zero-order valence-electron chi connectivity index (χ0n) is 25.1. The molecule has 0 radical (unpaired) electrons. The summed E-state index contributed by atoms with van der Waals surface area (Å²) in [5.41, 5.74) is 14.4. The highest BCUT2D eigenvalue weighted by Crippen LogP contribution is 2.36. The monoisotopic (exact) mass is 560 g/mol. The highest BCUT2D eigenvalue weighted by atomic mass is 16.2. The van der Waals surface area contributed by atoms with Gasteiger partial charge in [-0.05, 0) is 19.8 Å². The molecule has 0 amide bonds. The van der Waals surface area contributed by atoms with Gasteiger partial charge in [0.15, 0.2) is 11.7 Å². The molecule has 1 rings (SSSR count). The Balaban J connectivity index is 2.78. The Morgan fingerprint density at radius 3 is 1.90 bits per heavy atom. The fraction of sp³-hybridized carbons (Fsp3) is 0.690. The molecule has 0 fully saturated rings. The third-order valence-electron chi connectivity index (χ3n) is 7.51. The van der Waals surface area contributed by atoms with Gasteiger partial charge in [-0.1, -0.05) is 41.5 Å². The van der Waals surface area contributed by atoms with Gasteiger partial charge in [-0.15, -0.1) is 0 Å². The predicted octanol–water partition coefficient (Wildman–Crippen LogP) is 2.45. The van der Waals surface area contributed by atoms with Crippen molar-refractivity contribution in [1.29, 1.82) is 0 Å². The van der Waals surface area contributed by atoms with Crippen LogP contribution in [0.5, 0.6) is 0 Å². The largest absolute Gasteiger partial charge is 0.370 e. The van der Waals surface area contributed by atoms with Crippen LogP contribution in [-0.4, -0.2) is 57.4 Å². The van der Waals surface area contributed by atoms with Crippen molar-refractivity contribution in [3.8, 4) is 0 Å². The number of nitrogens with two attached hydrogens (primary N) is 3. The summed E-state index contributed by atoms with van der Waals surface area (Å²) in [6, 6.07) is -0.778. The van der Waals surface area contributed by atoms with Crippen LogP contribution in [0.15, 0.2) is 17.5 Å². The number of hydrogen-bond acceptors (Lipinski definition) is 8. The van der Waals surface area contributed by atoms with Crippen LogP contribution in [-0.2, 0) is 30.4 Å². The molecule has 224 valence electrons. The Morgan fingerprint density at radius 2 is 1.43 bits per heavy atom. The molecule has 0 bridgehead atoms. The van der Waals surface area contributed by atoms with E-state index < -0.39 is 28.2 Å². The maximum atomic E-state index is 13.3. The number of ketones is 5. The van der Waals surface area contributed by atoms with Gasteiger partial charge in [0.05, 0.1) is 12.4 Å². The molecule has 0 aliphatic heterocycles. The summed E-state index contributed by atoms with van der Waals surface area (Å²) < 4.78 is 0. The van der Waals surface area contributed by atoms with Crippen LogP contribution in [0, 0.1) is 22.2 Å². The van der Waals surface area contributed by atoms with E-state index >= 15 is 0 Å². The van der Waals surface area contributed by atoms with E-state index in [9.17, 15) is 24.0 Å². The summed E-state index contributed by atoms with van der Waals surface area (Å²) in [6.07, 6.45) is 4.22. The standard InChI is InChI=1S/C29H48N6O5/c1-18(36)19(9-8-10-34-26(31)32)11-23(38)28(4,5)14-25(40)29(6,7)15-24(39)27(2,3)13-22(37)21(30)12-20-16-33-17-35-20/h16-17,19,21H,8-15,30H2,1-7H3,(H,33,35)(H4,31,32,34)/t19-,21+/m1/s1. The van der Waals surface area contributed by atoms with Gasteiger partial charge in [0.2, 0.25) is 0 Å². The number of guanidine groups is 1. The van der Waals surface area contributed by atoms with Crippen molar-refractivity contribution in [2.45, 2.75) is 99.5 Å². The number of carbonyl (C=O) groups excluding carboxylic acids is 5. The van der Waals surface area contributed by atoms with Crippen LogP contribution in [0.4, 0.5) is 0 Å². The van der Waals surface area contributed by atoms with E-state index in [1.807, 2.05) is 0 Å². The van der Waals surface area contributed by atoms with Gasteiger partial charge in [-0.25, -0.2) is 4.98 Å². The van der Waals surface area contributed by atoms with Crippen LogP contribution in [0.2, 0.25) is 0 Å². The number of hydrogen-bond donors (Lipinski definition) is 4. The molecule has 1 heterocycles. The second-order valence-electron chi connectivity index (χ2n) is 12.8. The van der Waals surface area contributed by atoms with Crippen LogP contribution in [0.3, 0.4) is 0 Å². The first kappa shape index (κ1) is 34.8. The third kappa shape index (κ3) is 11.1. The molecule has 0 saturated heterocycles. The zero-order valence-corrected chi connectivity index (χ0v) is 25.1. The summed E-state index contributed by atoms with van der Waals surface area (Å²) in [5.74, 6) is -1.51. The lowest BCUT2D eigenvalue weighted by Crippen LogP contribution is -2.41. The summed E-state index contributed by atoms with van der Waals surface area (Å²) in [6.45, 7) is 11.9. The minimum absolute atomic E-state index is 0.0186. The molecule has 7 N–H and O–H groups in total. The van der Waals surface area contributed by atoms with Crippen LogP contribution < -0.4 is 17.2 Å². The number of rotatable bonds is 19. The number of carbonyl (C=O) groups is 5. The van der Waals surface area contributed by atoms with Crippen LogP contribution in [0.25, 0.3) is 0 Å². The SMILES string of the molecule is CC(=O)[C@H](CCCN=C(N)N)CC(=O)C(C)(C)CC(=O)C(C)(C)CC(=O)C(C)(C)CC(=O)[C@@H](N)Cc1cnc[nH]1. The van der Waals surface area contributed by atoms with Gasteiger partial charge in [-0.2, -0.15) is 0 Å². The van der Waals surface area contributed by atoms with Crippen LogP contribution >= 0.6 is 0 Å². The van der Waals surface area contributed by atoms with E-state index in [0.717, 1.165) is 5.69 Å². The highest BCUT2D eigenvalue weighted by molar-refractivity contribution is 5.98. The molecule has 1 aromatic rings. The number of aromatic amines is 1. The molecule has 0 saturated carbocycles. The summed E-state index contributed by atoms with van der Waals surface area (Å²) in [5, 5.41) is 0. The van der Waals surface area contributed by atoms with Crippen molar-refractivity contribution < 1.29 is 24.0 Å². The molecule has 11 heteroatoms. The van der Waals surface area contributed by atoms with Crippen molar-refractivity contribution in [2.75, 3.05) is 6.54 Å². The van der Waals surface area contributed by atoms with Crippen molar-refractivity contribution in [1.82, 2.24) is 9.97 Å². The van der Waals surface area contributed by atoms with Gasteiger partial charge in [0.25, 0.3) is 0 Å². The quantitative estimate of drug-likeness (QED) is 0.111. The van der Waals surface area contributed by atoms with E-state index in [2.05, 4.69) is 15.0 Å². The second kappa shape index (κ2) is 14.4. The number of nitrogens with zero attached hydrogens (tertiary/aromatic N) is 2.